The number of aliphatic hydroxyl groups is 1. The van der Waals surface area contributed by atoms with Gasteiger partial charge in [-0.2, -0.15) is 0 Å². The largest absolute Gasteiger partial charge is 0.395 e. The first-order chi connectivity index (χ1) is 7.67. The lowest BCUT2D eigenvalue weighted by Crippen LogP contribution is -2.44. The van der Waals surface area contributed by atoms with E-state index < -0.39 is 0 Å². The number of nitrogens with zero attached hydrogens (tertiary/aromatic N) is 1. The van der Waals surface area contributed by atoms with E-state index in [-0.39, 0.29) is 12.0 Å². The zero-order valence-electron chi connectivity index (χ0n) is 11.0. The monoisotopic (exact) mass is 232 g/mol. The normalized spacial score (nSPS) is 12.4. The molecule has 3 N–H and O–H groups in total. The lowest BCUT2D eigenvalue weighted by atomic mass is 9.82. The summed E-state index contributed by atoms with van der Waals surface area (Å²) in [6, 6.07) is 0. The molecule has 0 rings (SSSR count). The van der Waals surface area contributed by atoms with Crippen molar-refractivity contribution >= 4 is 0 Å². The molecule has 0 aromatic heterocycles. The van der Waals surface area contributed by atoms with Gasteiger partial charge in [0.2, 0.25) is 0 Å². The van der Waals surface area contributed by atoms with E-state index >= 15 is 0 Å². The first kappa shape index (κ1) is 15.8. The zero-order chi connectivity index (χ0) is 12.4. The second-order valence-electron chi connectivity index (χ2n) is 4.40. The lowest BCUT2D eigenvalue weighted by Gasteiger charge is -2.36. The molecule has 0 aromatic carbocycles. The van der Waals surface area contributed by atoms with Crippen LogP contribution in [0.25, 0.3) is 0 Å². The van der Waals surface area contributed by atoms with Crippen LogP contribution in [-0.2, 0) is 4.74 Å². The third-order valence-corrected chi connectivity index (χ3v) is 3.52. The number of hydrogen-bond donors (Lipinski definition) is 2. The van der Waals surface area contributed by atoms with E-state index in [1.54, 1.807) is 7.11 Å². The van der Waals surface area contributed by atoms with Crippen LogP contribution in [0.4, 0.5) is 0 Å². The average molecular weight is 232 g/mol. The molecule has 16 heavy (non-hydrogen) atoms. The van der Waals surface area contributed by atoms with Crippen molar-refractivity contribution in [1.29, 1.82) is 0 Å². The van der Waals surface area contributed by atoms with Crippen molar-refractivity contribution in [3.63, 3.8) is 0 Å². The molecule has 0 amide bonds. The van der Waals surface area contributed by atoms with Crippen LogP contribution < -0.4 is 5.73 Å². The number of rotatable bonds is 10. The van der Waals surface area contributed by atoms with Gasteiger partial charge < -0.3 is 15.6 Å². The molecule has 0 spiro atoms. The van der Waals surface area contributed by atoms with E-state index in [1.807, 2.05) is 0 Å². The zero-order valence-corrected chi connectivity index (χ0v) is 11.0. The van der Waals surface area contributed by atoms with Gasteiger partial charge in [0.15, 0.2) is 0 Å². The Morgan fingerprint density at radius 1 is 1.25 bits per heavy atom. The van der Waals surface area contributed by atoms with Crippen LogP contribution >= 0.6 is 0 Å². The fraction of sp³-hybridized carbons (Fsp3) is 1.00. The quantitative estimate of drug-likeness (QED) is 0.582. The van der Waals surface area contributed by atoms with Crippen LogP contribution in [0.15, 0.2) is 0 Å². The van der Waals surface area contributed by atoms with Crippen LogP contribution in [0.1, 0.15) is 26.7 Å². The Morgan fingerprint density at radius 3 is 2.25 bits per heavy atom. The highest BCUT2D eigenvalue weighted by Gasteiger charge is 2.26. The van der Waals surface area contributed by atoms with Gasteiger partial charge in [-0.15, -0.1) is 0 Å². The SMILES string of the molecule is CCC(CC)(CN)CN(CCO)CCOC. The number of aliphatic hydroxyl groups excluding tert-OH is 1. The van der Waals surface area contributed by atoms with Crippen molar-refractivity contribution in [2.45, 2.75) is 26.7 Å². The number of methoxy groups -OCH3 is 1. The summed E-state index contributed by atoms with van der Waals surface area (Å²) in [4.78, 5) is 2.24. The highest BCUT2D eigenvalue weighted by Crippen LogP contribution is 2.25. The van der Waals surface area contributed by atoms with E-state index in [9.17, 15) is 0 Å². The van der Waals surface area contributed by atoms with Gasteiger partial charge in [-0.1, -0.05) is 13.8 Å². The first-order valence-corrected chi connectivity index (χ1v) is 6.20. The topological polar surface area (TPSA) is 58.7 Å². The van der Waals surface area contributed by atoms with Gasteiger partial charge in [-0.3, -0.25) is 4.90 Å². The molecular weight excluding hydrogens is 204 g/mol. The fourth-order valence-electron chi connectivity index (χ4n) is 1.93. The van der Waals surface area contributed by atoms with Gasteiger partial charge in [0, 0.05) is 26.7 Å². The molecule has 0 aromatic rings. The van der Waals surface area contributed by atoms with Gasteiger partial charge in [0.25, 0.3) is 0 Å². The smallest absolute Gasteiger partial charge is 0.0589 e. The summed E-state index contributed by atoms with van der Waals surface area (Å²) < 4.78 is 5.08. The van der Waals surface area contributed by atoms with E-state index in [2.05, 4.69) is 18.7 Å². The predicted octanol–water partition coefficient (Wildman–Crippen LogP) is 0.692. The standard InChI is InChI=1S/C12H28N2O2/c1-4-12(5-2,10-13)11-14(6-8-15)7-9-16-3/h15H,4-11,13H2,1-3H3. The summed E-state index contributed by atoms with van der Waals surface area (Å²) in [6.07, 6.45) is 2.16. The number of hydrogen-bond acceptors (Lipinski definition) is 4. The van der Waals surface area contributed by atoms with E-state index in [1.165, 1.54) is 0 Å². The summed E-state index contributed by atoms with van der Waals surface area (Å²) in [7, 11) is 1.70. The molecule has 0 bridgehead atoms. The maximum absolute atomic E-state index is 9.04. The average Bonchev–Trinajstić information content (AvgIpc) is 2.33. The van der Waals surface area contributed by atoms with Crippen LogP contribution in [0.3, 0.4) is 0 Å². The minimum absolute atomic E-state index is 0.183. The maximum Gasteiger partial charge on any atom is 0.0589 e. The van der Waals surface area contributed by atoms with Crippen LogP contribution in [-0.4, -0.2) is 56.5 Å². The molecular formula is C12H28N2O2. The Bertz CT molecular complexity index is 153. The van der Waals surface area contributed by atoms with Crippen LogP contribution in [0.5, 0.6) is 0 Å². The highest BCUT2D eigenvalue weighted by atomic mass is 16.5. The molecule has 0 aliphatic carbocycles. The molecule has 0 unspecified atom stereocenters. The molecule has 0 aliphatic heterocycles. The predicted molar refractivity (Wildman–Crippen MR) is 67.5 cm³/mol. The summed E-state index contributed by atoms with van der Waals surface area (Å²) in [6.45, 7) is 8.47. The number of ether oxygens (including phenoxy) is 1. The summed E-state index contributed by atoms with van der Waals surface area (Å²) >= 11 is 0. The van der Waals surface area contributed by atoms with E-state index in [0.29, 0.717) is 19.7 Å². The molecule has 0 saturated heterocycles. The Hall–Kier alpha value is -0.160. The Morgan fingerprint density at radius 2 is 1.88 bits per heavy atom. The summed E-state index contributed by atoms with van der Waals surface area (Å²) in [5.74, 6) is 0. The molecule has 4 nitrogen and oxygen atoms in total. The van der Waals surface area contributed by atoms with Gasteiger partial charge in [-0.05, 0) is 24.8 Å². The summed E-state index contributed by atoms with van der Waals surface area (Å²) in [5, 5.41) is 9.04. The minimum atomic E-state index is 0.183. The molecule has 0 fully saturated rings. The third-order valence-electron chi connectivity index (χ3n) is 3.52. The van der Waals surface area contributed by atoms with Crippen molar-refractivity contribution < 1.29 is 9.84 Å². The Kier molecular flexibility index (Phi) is 8.84. The van der Waals surface area contributed by atoms with E-state index in [4.69, 9.17) is 15.6 Å². The van der Waals surface area contributed by atoms with Gasteiger partial charge >= 0.3 is 0 Å². The molecule has 98 valence electrons. The minimum Gasteiger partial charge on any atom is -0.395 e. The van der Waals surface area contributed by atoms with E-state index in [0.717, 1.165) is 25.9 Å². The van der Waals surface area contributed by atoms with Crippen molar-refractivity contribution in [3.05, 3.63) is 0 Å². The molecule has 0 radical (unpaired) electrons. The number of nitrogens with two attached hydrogens (primary N) is 1. The second kappa shape index (κ2) is 8.93. The van der Waals surface area contributed by atoms with Crippen LogP contribution in [0, 0.1) is 5.41 Å². The van der Waals surface area contributed by atoms with Crippen molar-refractivity contribution in [2.24, 2.45) is 11.1 Å². The Balaban J connectivity index is 4.31. The second-order valence-corrected chi connectivity index (χ2v) is 4.40. The molecule has 0 aliphatic rings. The molecule has 0 atom stereocenters. The van der Waals surface area contributed by atoms with Gasteiger partial charge in [0.05, 0.1) is 13.2 Å². The van der Waals surface area contributed by atoms with Crippen molar-refractivity contribution in [1.82, 2.24) is 4.90 Å². The van der Waals surface area contributed by atoms with Crippen molar-refractivity contribution in [2.75, 3.05) is 46.5 Å². The molecule has 0 saturated carbocycles. The van der Waals surface area contributed by atoms with Gasteiger partial charge in [-0.25, -0.2) is 0 Å². The molecule has 4 heteroatoms. The maximum atomic E-state index is 9.04. The first-order valence-electron chi connectivity index (χ1n) is 6.20. The molecule has 0 heterocycles. The highest BCUT2D eigenvalue weighted by molar-refractivity contribution is 4.81. The fourth-order valence-corrected chi connectivity index (χ4v) is 1.93. The lowest BCUT2D eigenvalue weighted by molar-refractivity contribution is 0.0880. The van der Waals surface area contributed by atoms with Crippen molar-refractivity contribution in [3.8, 4) is 0 Å². The van der Waals surface area contributed by atoms with Crippen LogP contribution in [0.2, 0.25) is 0 Å². The van der Waals surface area contributed by atoms with Gasteiger partial charge in [0.1, 0.15) is 0 Å². The Labute approximate surface area is 99.8 Å². The summed E-state index contributed by atoms with van der Waals surface area (Å²) in [5.41, 5.74) is 6.06. The third kappa shape index (κ3) is 5.25.